The first-order chi connectivity index (χ1) is 10.2. The molecule has 0 spiro atoms. The number of hydrogen-bond donors (Lipinski definition) is 1. The molecule has 1 aromatic carbocycles. The minimum absolute atomic E-state index is 0.512. The highest BCUT2D eigenvalue weighted by molar-refractivity contribution is 7.13. The first-order valence-electron chi connectivity index (χ1n) is 7.67. The lowest BCUT2D eigenvalue weighted by Gasteiger charge is -2.34. The van der Waals surface area contributed by atoms with Gasteiger partial charge in [-0.3, -0.25) is 0 Å². The van der Waals surface area contributed by atoms with Crippen LogP contribution < -0.4 is 5.32 Å². The van der Waals surface area contributed by atoms with Crippen molar-refractivity contribution in [2.45, 2.75) is 25.8 Å². The summed E-state index contributed by atoms with van der Waals surface area (Å²) in [4.78, 5) is 6.79. The highest BCUT2D eigenvalue weighted by Crippen LogP contribution is 2.25. The van der Waals surface area contributed by atoms with Gasteiger partial charge >= 0.3 is 0 Å². The molecule has 0 radical (unpaired) electrons. The van der Waals surface area contributed by atoms with Gasteiger partial charge in [0.15, 0.2) is 0 Å². The molecule has 3 rings (SSSR count). The number of rotatable bonds is 4. The maximum absolute atomic E-state index is 4.35. The summed E-state index contributed by atoms with van der Waals surface area (Å²) in [6.45, 7) is 4.75. The Morgan fingerprint density at radius 3 is 2.81 bits per heavy atom. The second kappa shape index (κ2) is 6.58. The zero-order chi connectivity index (χ0) is 14.7. The van der Waals surface area contributed by atoms with E-state index in [-0.39, 0.29) is 0 Å². The summed E-state index contributed by atoms with van der Waals surface area (Å²) in [5.41, 5.74) is 2.40. The molecule has 21 heavy (non-hydrogen) atoms. The molecule has 0 amide bonds. The molecule has 1 fully saturated rings. The minimum atomic E-state index is 0.512. The van der Waals surface area contributed by atoms with Crippen molar-refractivity contribution in [1.29, 1.82) is 0 Å². The number of nitrogens with zero attached hydrogens (tertiary/aromatic N) is 2. The van der Waals surface area contributed by atoms with Crippen molar-refractivity contribution < 1.29 is 0 Å². The van der Waals surface area contributed by atoms with Crippen molar-refractivity contribution in [2.75, 3.05) is 25.5 Å². The van der Waals surface area contributed by atoms with E-state index in [0.29, 0.717) is 6.04 Å². The Balaban J connectivity index is 1.62. The van der Waals surface area contributed by atoms with Gasteiger partial charge in [-0.25, -0.2) is 4.98 Å². The summed E-state index contributed by atoms with van der Waals surface area (Å²) < 4.78 is 0. The zero-order valence-corrected chi connectivity index (χ0v) is 13.6. The largest absolute Gasteiger partial charge is 0.382 e. The molecule has 0 saturated carbocycles. The van der Waals surface area contributed by atoms with Gasteiger partial charge in [-0.15, -0.1) is 11.3 Å². The summed E-state index contributed by atoms with van der Waals surface area (Å²) in [5.74, 6) is 0.738. The van der Waals surface area contributed by atoms with E-state index in [1.165, 1.54) is 37.2 Å². The van der Waals surface area contributed by atoms with Gasteiger partial charge in [-0.05, 0) is 63.5 Å². The van der Waals surface area contributed by atoms with Crippen LogP contribution in [0.1, 0.15) is 19.8 Å². The van der Waals surface area contributed by atoms with E-state index < -0.39 is 0 Å². The Morgan fingerprint density at radius 1 is 1.33 bits per heavy atom. The Bertz CT molecular complexity index is 550. The Kier molecular flexibility index (Phi) is 4.56. The molecule has 2 unspecified atom stereocenters. The molecule has 112 valence electrons. The van der Waals surface area contributed by atoms with Crippen LogP contribution in [-0.2, 0) is 0 Å². The average Bonchev–Trinajstić information content (AvgIpc) is 3.02. The Hall–Kier alpha value is -1.39. The van der Waals surface area contributed by atoms with Gasteiger partial charge in [0.05, 0.1) is 0 Å². The van der Waals surface area contributed by atoms with Crippen molar-refractivity contribution in [1.82, 2.24) is 9.88 Å². The Morgan fingerprint density at radius 2 is 2.14 bits per heavy atom. The van der Waals surface area contributed by atoms with Crippen LogP contribution in [0.25, 0.3) is 10.6 Å². The number of aromatic nitrogens is 1. The topological polar surface area (TPSA) is 28.2 Å². The molecule has 1 N–H and O–H groups in total. The van der Waals surface area contributed by atoms with E-state index in [0.717, 1.165) is 10.9 Å². The number of likely N-dealkylation sites (tertiary alicyclic amines) is 1. The van der Waals surface area contributed by atoms with Gasteiger partial charge < -0.3 is 10.2 Å². The van der Waals surface area contributed by atoms with Gasteiger partial charge in [-0.2, -0.15) is 0 Å². The number of benzene rings is 1. The van der Waals surface area contributed by atoms with Crippen LogP contribution in [0.15, 0.2) is 35.8 Å². The summed E-state index contributed by atoms with van der Waals surface area (Å²) in [6.07, 6.45) is 4.50. The molecular formula is C17H23N3S. The molecule has 0 bridgehead atoms. The summed E-state index contributed by atoms with van der Waals surface area (Å²) >= 11 is 1.68. The van der Waals surface area contributed by atoms with E-state index in [4.69, 9.17) is 0 Å². The lowest BCUT2D eigenvalue weighted by atomic mass is 9.91. The third-order valence-electron chi connectivity index (χ3n) is 4.33. The van der Waals surface area contributed by atoms with E-state index in [1.54, 1.807) is 11.3 Å². The number of nitrogens with one attached hydrogen (secondary N) is 1. The summed E-state index contributed by atoms with van der Waals surface area (Å²) in [6, 6.07) is 9.15. The standard InChI is InChI=1S/C17H23N3S/c1-13(15-4-3-10-20(2)12-15)19-16-7-5-14(6-8-16)17-18-9-11-21-17/h5-9,11,13,15,19H,3-4,10,12H2,1-2H3. The fourth-order valence-corrected chi connectivity index (χ4v) is 3.71. The van der Waals surface area contributed by atoms with Crippen LogP contribution in [0.3, 0.4) is 0 Å². The van der Waals surface area contributed by atoms with Gasteiger partial charge in [-0.1, -0.05) is 0 Å². The first-order valence-corrected chi connectivity index (χ1v) is 8.55. The third-order valence-corrected chi connectivity index (χ3v) is 5.15. The minimum Gasteiger partial charge on any atom is -0.382 e. The fraction of sp³-hybridized carbons (Fsp3) is 0.471. The van der Waals surface area contributed by atoms with E-state index in [2.05, 4.69) is 53.4 Å². The predicted molar refractivity (Wildman–Crippen MR) is 90.9 cm³/mol. The normalized spacial score (nSPS) is 21.1. The zero-order valence-electron chi connectivity index (χ0n) is 12.7. The Labute approximate surface area is 131 Å². The lowest BCUT2D eigenvalue weighted by Crippen LogP contribution is -2.39. The van der Waals surface area contributed by atoms with E-state index in [9.17, 15) is 0 Å². The number of hydrogen-bond acceptors (Lipinski definition) is 4. The van der Waals surface area contributed by atoms with Crippen molar-refractivity contribution >= 4 is 17.0 Å². The van der Waals surface area contributed by atoms with Crippen LogP contribution >= 0.6 is 11.3 Å². The lowest BCUT2D eigenvalue weighted by molar-refractivity contribution is 0.197. The summed E-state index contributed by atoms with van der Waals surface area (Å²) in [7, 11) is 2.22. The molecule has 2 heterocycles. The monoisotopic (exact) mass is 301 g/mol. The maximum atomic E-state index is 4.35. The maximum Gasteiger partial charge on any atom is 0.123 e. The predicted octanol–water partition coefficient (Wildman–Crippen LogP) is 3.95. The van der Waals surface area contributed by atoms with Crippen LogP contribution in [0.5, 0.6) is 0 Å². The van der Waals surface area contributed by atoms with Gasteiger partial charge in [0, 0.05) is 35.4 Å². The molecule has 3 nitrogen and oxygen atoms in total. The molecular weight excluding hydrogens is 278 g/mol. The summed E-state index contributed by atoms with van der Waals surface area (Å²) in [5, 5.41) is 6.76. The van der Waals surface area contributed by atoms with Crippen LogP contribution in [0.2, 0.25) is 0 Å². The number of anilines is 1. The molecule has 1 aromatic heterocycles. The highest BCUT2D eigenvalue weighted by atomic mass is 32.1. The quantitative estimate of drug-likeness (QED) is 0.926. The molecule has 1 aliphatic rings. The SMILES string of the molecule is CC(Nc1ccc(-c2nccs2)cc1)C1CCCN(C)C1. The number of thiazole rings is 1. The first kappa shape index (κ1) is 14.5. The van der Waals surface area contributed by atoms with E-state index in [1.807, 2.05) is 11.6 Å². The van der Waals surface area contributed by atoms with Gasteiger partial charge in [0.2, 0.25) is 0 Å². The molecule has 2 atom stereocenters. The smallest absolute Gasteiger partial charge is 0.123 e. The highest BCUT2D eigenvalue weighted by Gasteiger charge is 2.22. The molecule has 4 heteroatoms. The molecule has 1 aliphatic heterocycles. The third kappa shape index (κ3) is 3.63. The van der Waals surface area contributed by atoms with Crippen molar-refractivity contribution in [3.05, 3.63) is 35.8 Å². The van der Waals surface area contributed by atoms with Crippen molar-refractivity contribution in [3.63, 3.8) is 0 Å². The van der Waals surface area contributed by atoms with Crippen LogP contribution in [0, 0.1) is 5.92 Å². The van der Waals surface area contributed by atoms with Crippen molar-refractivity contribution in [3.8, 4) is 10.6 Å². The fourth-order valence-electron chi connectivity index (χ4n) is 3.07. The molecule has 1 saturated heterocycles. The molecule has 0 aliphatic carbocycles. The van der Waals surface area contributed by atoms with Gasteiger partial charge in [0.1, 0.15) is 5.01 Å². The average molecular weight is 301 g/mol. The van der Waals surface area contributed by atoms with Crippen molar-refractivity contribution in [2.24, 2.45) is 5.92 Å². The second-order valence-corrected chi connectivity index (χ2v) is 6.91. The van der Waals surface area contributed by atoms with Gasteiger partial charge in [0.25, 0.3) is 0 Å². The van der Waals surface area contributed by atoms with Crippen LogP contribution in [0.4, 0.5) is 5.69 Å². The molecule has 2 aromatic rings. The van der Waals surface area contributed by atoms with Crippen LogP contribution in [-0.4, -0.2) is 36.1 Å². The van der Waals surface area contributed by atoms with E-state index >= 15 is 0 Å². The second-order valence-electron chi connectivity index (χ2n) is 6.01. The number of piperidine rings is 1.